The minimum Gasteiger partial charge on any atom is -0.495 e. The van der Waals surface area contributed by atoms with Crippen LogP contribution in [0.2, 0.25) is 0 Å². The number of ether oxygens (including phenoxy) is 2. The van der Waals surface area contributed by atoms with Crippen LogP contribution in [-0.4, -0.2) is 31.0 Å². The third-order valence-corrected chi connectivity index (χ3v) is 4.44. The summed E-state index contributed by atoms with van der Waals surface area (Å²) in [5.41, 5.74) is 1.10. The lowest BCUT2D eigenvalue weighted by molar-refractivity contribution is -0.120. The number of para-hydroxylation sites is 2. The SMILES string of the molecule is COc1ccccc1N1C(=O)C(Cl)=C(Nc2ccc(C(=O)OC(C)C)cc2)C1=O. The second kappa shape index (κ2) is 8.36. The Hall–Kier alpha value is -3.32. The summed E-state index contributed by atoms with van der Waals surface area (Å²) in [7, 11) is 1.45. The van der Waals surface area contributed by atoms with Crippen molar-refractivity contribution in [3.63, 3.8) is 0 Å². The van der Waals surface area contributed by atoms with Gasteiger partial charge in [0.05, 0.1) is 24.5 Å². The van der Waals surface area contributed by atoms with E-state index in [1.807, 2.05) is 0 Å². The first-order valence-electron chi connectivity index (χ1n) is 8.83. The molecule has 0 saturated carbocycles. The number of imide groups is 1. The van der Waals surface area contributed by atoms with Crippen molar-refractivity contribution in [2.45, 2.75) is 20.0 Å². The van der Waals surface area contributed by atoms with Gasteiger partial charge in [0.2, 0.25) is 0 Å². The Balaban J connectivity index is 1.82. The molecule has 0 aromatic heterocycles. The number of hydrogen-bond donors (Lipinski definition) is 1. The summed E-state index contributed by atoms with van der Waals surface area (Å²) in [6, 6.07) is 13.0. The summed E-state index contributed by atoms with van der Waals surface area (Å²) in [6.45, 7) is 3.52. The van der Waals surface area contributed by atoms with Gasteiger partial charge in [0, 0.05) is 5.69 Å². The number of carbonyl (C=O) groups excluding carboxylic acids is 3. The Morgan fingerprint density at radius 2 is 1.69 bits per heavy atom. The first-order chi connectivity index (χ1) is 13.8. The van der Waals surface area contributed by atoms with Gasteiger partial charge in [-0.3, -0.25) is 9.59 Å². The Morgan fingerprint density at radius 1 is 1.03 bits per heavy atom. The summed E-state index contributed by atoms with van der Waals surface area (Å²) in [5, 5.41) is 2.63. The molecule has 1 aliphatic heterocycles. The van der Waals surface area contributed by atoms with E-state index in [2.05, 4.69) is 5.32 Å². The van der Waals surface area contributed by atoms with Crippen LogP contribution < -0.4 is 15.0 Å². The van der Waals surface area contributed by atoms with Crippen molar-refractivity contribution in [3.8, 4) is 5.75 Å². The average molecular weight is 415 g/mol. The number of halogens is 1. The van der Waals surface area contributed by atoms with Crippen LogP contribution in [0.25, 0.3) is 0 Å². The number of nitrogens with zero attached hydrogens (tertiary/aromatic N) is 1. The number of nitrogens with one attached hydrogen (secondary N) is 1. The van der Waals surface area contributed by atoms with Crippen molar-refractivity contribution in [3.05, 3.63) is 64.8 Å². The van der Waals surface area contributed by atoms with Crippen LogP contribution in [0.4, 0.5) is 11.4 Å². The minimum absolute atomic E-state index is 0.0555. The van der Waals surface area contributed by atoms with Gasteiger partial charge in [0.15, 0.2) is 0 Å². The van der Waals surface area contributed by atoms with Gasteiger partial charge < -0.3 is 14.8 Å². The molecule has 0 saturated heterocycles. The van der Waals surface area contributed by atoms with Crippen molar-refractivity contribution in [1.29, 1.82) is 0 Å². The van der Waals surface area contributed by atoms with Crippen LogP contribution >= 0.6 is 11.6 Å². The number of rotatable bonds is 6. The zero-order chi connectivity index (χ0) is 21.1. The number of amides is 2. The van der Waals surface area contributed by atoms with Crippen LogP contribution in [0.5, 0.6) is 5.75 Å². The highest BCUT2D eigenvalue weighted by molar-refractivity contribution is 6.53. The predicted molar refractivity (Wildman–Crippen MR) is 109 cm³/mol. The van der Waals surface area contributed by atoms with Gasteiger partial charge >= 0.3 is 5.97 Å². The fourth-order valence-corrected chi connectivity index (χ4v) is 2.97. The molecule has 1 N–H and O–H groups in total. The van der Waals surface area contributed by atoms with Crippen LogP contribution in [0.15, 0.2) is 59.3 Å². The second-order valence-electron chi connectivity index (χ2n) is 6.46. The Kier molecular flexibility index (Phi) is 5.89. The maximum absolute atomic E-state index is 12.9. The number of anilines is 2. The molecule has 0 fully saturated rings. The van der Waals surface area contributed by atoms with Crippen molar-refractivity contribution >= 4 is 40.8 Å². The van der Waals surface area contributed by atoms with E-state index in [0.29, 0.717) is 22.7 Å². The molecule has 7 nitrogen and oxygen atoms in total. The monoisotopic (exact) mass is 414 g/mol. The molecule has 29 heavy (non-hydrogen) atoms. The van der Waals surface area contributed by atoms with E-state index in [-0.39, 0.29) is 16.8 Å². The van der Waals surface area contributed by atoms with Gasteiger partial charge in [-0.25, -0.2) is 9.69 Å². The smallest absolute Gasteiger partial charge is 0.338 e. The van der Waals surface area contributed by atoms with Crippen molar-refractivity contribution in [2.24, 2.45) is 0 Å². The first-order valence-corrected chi connectivity index (χ1v) is 9.21. The highest BCUT2D eigenvalue weighted by atomic mass is 35.5. The maximum atomic E-state index is 12.9. The summed E-state index contributed by atoms with van der Waals surface area (Å²) >= 11 is 6.14. The number of methoxy groups -OCH3 is 1. The quantitative estimate of drug-likeness (QED) is 0.573. The molecular formula is C21H19ClN2O5. The summed E-state index contributed by atoms with van der Waals surface area (Å²) in [5.74, 6) is -1.33. The van der Waals surface area contributed by atoms with E-state index in [0.717, 1.165) is 4.90 Å². The number of benzene rings is 2. The molecule has 2 amide bonds. The Labute approximate surface area is 172 Å². The summed E-state index contributed by atoms with van der Waals surface area (Å²) in [4.78, 5) is 38.3. The van der Waals surface area contributed by atoms with Gasteiger partial charge in [-0.1, -0.05) is 23.7 Å². The summed E-state index contributed by atoms with van der Waals surface area (Å²) in [6.07, 6.45) is -0.229. The molecule has 1 aliphatic rings. The largest absolute Gasteiger partial charge is 0.495 e. The third kappa shape index (κ3) is 4.09. The molecule has 0 aliphatic carbocycles. The molecule has 2 aromatic carbocycles. The molecule has 0 spiro atoms. The van der Waals surface area contributed by atoms with E-state index < -0.39 is 17.8 Å². The van der Waals surface area contributed by atoms with Gasteiger partial charge in [0.25, 0.3) is 11.8 Å². The van der Waals surface area contributed by atoms with Crippen LogP contribution in [0, 0.1) is 0 Å². The molecule has 1 heterocycles. The fraction of sp³-hybridized carbons (Fsp3) is 0.190. The zero-order valence-electron chi connectivity index (χ0n) is 16.1. The van der Waals surface area contributed by atoms with Crippen LogP contribution in [0.3, 0.4) is 0 Å². The number of esters is 1. The van der Waals surface area contributed by atoms with Gasteiger partial charge in [-0.15, -0.1) is 0 Å². The highest BCUT2D eigenvalue weighted by Crippen LogP contribution is 2.35. The first kappa shape index (κ1) is 20.4. The van der Waals surface area contributed by atoms with E-state index in [4.69, 9.17) is 21.1 Å². The Bertz CT molecular complexity index is 998. The van der Waals surface area contributed by atoms with Crippen LogP contribution in [0.1, 0.15) is 24.2 Å². The van der Waals surface area contributed by atoms with Gasteiger partial charge in [-0.2, -0.15) is 0 Å². The molecule has 0 unspecified atom stereocenters. The molecule has 2 aromatic rings. The molecule has 3 rings (SSSR count). The van der Waals surface area contributed by atoms with Gasteiger partial charge in [0.1, 0.15) is 16.5 Å². The lowest BCUT2D eigenvalue weighted by Gasteiger charge is -2.17. The Morgan fingerprint density at radius 3 is 2.31 bits per heavy atom. The van der Waals surface area contributed by atoms with Crippen LogP contribution in [-0.2, 0) is 14.3 Å². The van der Waals surface area contributed by atoms with E-state index in [1.54, 1.807) is 62.4 Å². The molecule has 150 valence electrons. The molecule has 0 atom stereocenters. The maximum Gasteiger partial charge on any atom is 0.338 e. The highest BCUT2D eigenvalue weighted by Gasteiger charge is 2.40. The van der Waals surface area contributed by atoms with Crippen molar-refractivity contribution < 1.29 is 23.9 Å². The number of carbonyl (C=O) groups is 3. The molecule has 0 bridgehead atoms. The topological polar surface area (TPSA) is 84.9 Å². The lowest BCUT2D eigenvalue weighted by Crippen LogP contribution is -2.32. The molecule has 0 radical (unpaired) electrons. The van der Waals surface area contributed by atoms with Gasteiger partial charge in [-0.05, 0) is 50.2 Å². The fourth-order valence-electron chi connectivity index (χ4n) is 2.76. The lowest BCUT2D eigenvalue weighted by atomic mass is 10.2. The molecule has 8 heteroatoms. The zero-order valence-corrected chi connectivity index (χ0v) is 16.8. The second-order valence-corrected chi connectivity index (χ2v) is 6.84. The van der Waals surface area contributed by atoms with Crippen molar-refractivity contribution in [1.82, 2.24) is 0 Å². The number of hydrogen-bond acceptors (Lipinski definition) is 6. The third-order valence-electron chi connectivity index (χ3n) is 4.09. The predicted octanol–water partition coefficient (Wildman–Crippen LogP) is 3.70. The van der Waals surface area contributed by atoms with Crippen molar-refractivity contribution in [2.75, 3.05) is 17.3 Å². The van der Waals surface area contributed by atoms with E-state index in [1.165, 1.54) is 7.11 Å². The molecular weight excluding hydrogens is 396 g/mol. The van der Waals surface area contributed by atoms with E-state index in [9.17, 15) is 14.4 Å². The minimum atomic E-state index is -0.652. The standard InChI is InChI=1S/C21H19ClN2O5/c1-12(2)29-21(27)13-8-10-14(11-9-13)23-18-17(22)19(25)24(20(18)26)15-6-4-5-7-16(15)28-3/h4-12,23H,1-3H3. The van der Waals surface area contributed by atoms with E-state index >= 15 is 0 Å². The average Bonchev–Trinajstić information content (AvgIpc) is 2.91. The summed E-state index contributed by atoms with van der Waals surface area (Å²) < 4.78 is 10.4. The normalized spacial score (nSPS) is 13.9.